The molecule has 0 saturated carbocycles. The quantitative estimate of drug-likeness (QED) is 0.301. The minimum absolute atomic E-state index is 0. The van der Waals surface area contributed by atoms with E-state index in [1.165, 1.54) is 27.7 Å². The van der Waals surface area contributed by atoms with Crippen LogP contribution in [0.2, 0.25) is 0 Å². The minimum atomic E-state index is -0.995. The van der Waals surface area contributed by atoms with Crippen LogP contribution in [0.5, 0.6) is 0 Å². The van der Waals surface area contributed by atoms with Gasteiger partial charge in [-0.1, -0.05) is 27.7 Å². The van der Waals surface area contributed by atoms with Gasteiger partial charge < -0.3 is 39.6 Å². The van der Waals surface area contributed by atoms with Gasteiger partial charge in [0, 0.05) is 23.9 Å². The Labute approximate surface area is 176 Å². The van der Waals surface area contributed by atoms with E-state index < -0.39 is 23.9 Å². The molecule has 0 amide bonds. The molecule has 26 heavy (non-hydrogen) atoms. The van der Waals surface area contributed by atoms with Gasteiger partial charge in [0.25, 0.3) is 0 Å². The molecular formula is C12H20N2O10Rh2. The molecule has 0 fully saturated rings. The number of carbonyl (C=O) groups is 4. The van der Waals surface area contributed by atoms with Gasteiger partial charge >= 0.3 is 39.0 Å². The van der Waals surface area contributed by atoms with Gasteiger partial charge in [-0.05, 0) is 25.7 Å². The number of carboxylic acids is 4. The van der Waals surface area contributed by atoms with Crippen LogP contribution in [0.15, 0.2) is 0 Å². The fraction of sp³-hybridized carbons (Fsp3) is 0.667. The second kappa shape index (κ2) is 56.7. The largest absolute Gasteiger partial charge is 2.00 e. The molecule has 12 nitrogen and oxygen atoms in total. The maximum absolute atomic E-state index is 9.26. The standard InChI is InChI=1S/4C3H6O2.2NO.2Rh/c4*1-2-3(4)5;2*1-2;;/h4*2H2,1H3,(H,4,5);;;;/q;;;;;;2*+2/p-4. The van der Waals surface area contributed by atoms with Gasteiger partial charge in [-0.25, -0.2) is 0 Å². The van der Waals surface area contributed by atoms with Crippen LogP contribution in [0.3, 0.4) is 0 Å². The number of carbonyl (C=O) groups excluding carboxylic acids is 4. The monoisotopic (exact) mass is 558 g/mol. The number of nitrogens with zero attached hydrogens (tertiary/aromatic N) is 2. The molecule has 4 radical (unpaired) electrons. The Morgan fingerprint density at radius 3 is 0.538 bits per heavy atom. The molecule has 14 heteroatoms. The number of aliphatic carboxylic acids is 4. The number of hydrogen-bond donors (Lipinski definition) is 0. The average Bonchev–Trinajstić information content (AvgIpc) is 2.59. The molecule has 0 saturated heterocycles. The third-order valence-corrected chi connectivity index (χ3v) is 1.15. The van der Waals surface area contributed by atoms with Crippen LogP contribution >= 0.6 is 0 Å². The van der Waals surface area contributed by atoms with Crippen LogP contribution in [0.1, 0.15) is 53.4 Å². The molecule has 0 bridgehead atoms. The Hall–Kier alpha value is -1.67. The molecule has 156 valence electrons. The van der Waals surface area contributed by atoms with Crippen LogP contribution in [0.4, 0.5) is 0 Å². The third kappa shape index (κ3) is 254. The van der Waals surface area contributed by atoms with Crippen molar-refractivity contribution in [1.82, 2.24) is 11.2 Å². The van der Waals surface area contributed by atoms with Gasteiger partial charge in [0.05, 0.1) is 0 Å². The Bertz CT molecular complexity index is 262. The van der Waals surface area contributed by atoms with Crippen molar-refractivity contribution >= 4 is 23.9 Å². The van der Waals surface area contributed by atoms with Gasteiger partial charge in [-0.3, -0.25) is 0 Å². The van der Waals surface area contributed by atoms with Gasteiger partial charge in [0.15, 0.2) is 0 Å². The summed E-state index contributed by atoms with van der Waals surface area (Å²) < 4.78 is 0. The number of rotatable bonds is 4. The van der Waals surface area contributed by atoms with Crippen molar-refractivity contribution in [3.63, 3.8) is 0 Å². The van der Waals surface area contributed by atoms with Crippen molar-refractivity contribution in [2.45, 2.75) is 53.4 Å². The van der Waals surface area contributed by atoms with Crippen molar-refractivity contribution in [3.05, 3.63) is 9.81 Å². The number of carboxylic acid groups (broad SMARTS) is 4. The number of hydrogen-bond acceptors (Lipinski definition) is 10. The smallest absolute Gasteiger partial charge is 0.550 e. The minimum Gasteiger partial charge on any atom is -0.550 e. The summed E-state index contributed by atoms with van der Waals surface area (Å²) in [4.78, 5) is 51.5. The van der Waals surface area contributed by atoms with E-state index in [-0.39, 0.29) is 64.6 Å². The van der Waals surface area contributed by atoms with Crippen molar-refractivity contribution in [3.8, 4) is 0 Å². The predicted molar refractivity (Wildman–Crippen MR) is 72.2 cm³/mol. The normalized spacial score (nSPS) is 6.00. The second-order valence-electron chi connectivity index (χ2n) is 2.90. The third-order valence-electron chi connectivity index (χ3n) is 1.15. The molecule has 0 heterocycles. The molecule has 0 aliphatic rings. The maximum Gasteiger partial charge on any atom is 2.00 e. The van der Waals surface area contributed by atoms with Crippen molar-refractivity contribution < 1.29 is 78.6 Å². The molecule has 0 aromatic heterocycles. The molecular weight excluding hydrogens is 538 g/mol. The van der Waals surface area contributed by atoms with E-state index in [0.29, 0.717) is 0 Å². The summed E-state index contributed by atoms with van der Waals surface area (Å²) in [5.41, 5.74) is 11.5. The van der Waals surface area contributed by atoms with Crippen LogP contribution in [0, 0.1) is 9.81 Å². The molecule has 0 aromatic rings. The van der Waals surface area contributed by atoms with E-state index in [0.717, 1.165) is 0 Å². The molecule has 0 rings (SSSR count). The van der Waals surface area contributed by atoms with Crippen LogP contribution in [-0.2, 0) is 58.1 Å². The van der Waals surface area contributed by atoms with E-state index in [9.17, 15) is 39.6 Å². The van der Waals surface area contributed by atoms with Crippen molar-refractivity contribution in [2.24, 2.45) is 0 Å². The first-order chi connectivity index (χ1) is 11.1. The second-order valence-corrected chi connectivity index (χ2v) is 2.90. The average molecular weight is 558 g/mol. The summed E-state index contributed by atoms with van der Waals surface area (Å²) in [6, 6.07) is 0. The van der Waals surface area contributed by atoms with E-state index in [1.807, 2.05) is 0 Å². The Morgan fingerprint density at radius 1 is 0.500 bits per heavy atom. The first kappa shape index (κ1) is 49.7. The molecule has 0 aliphatic heterocycles. The van der Waals surface area contributed by atoms with Gasteiger partial charge in [0.1, 0.15) is 11.2 Å². The summed E-state index contributed by atoms with van der Waals surface area (Å²) in [5.74, 6) is -3.98. The molecule has 0 aliphatic carbocycles. The molecule has 0 aromatic carbocycles. The zero-order valence-corrected chi connectivity index (χ0v) is 17.7. The predicted octanol–water partition coefficient (Wildman–Crippen LogP) is -4.31. The summed E-state index contributed by atoms with van der Waals surface area (Å²) >= 11 is 0. The first-order valence-electron chi connectivity index (χ1n) is 6.24. The fourth-order valence-corrected chi connectivity index (χ4v) is 0. The fourth-order valence-electron chi connectivity index (χ4n) is 0. The summed E-state index contributed by atoms with van der Waals surface area (Å²) in [6.07, 6.45) is 0.444. The Morgan fingerprint density at radius 2 is 0.538 bits per heavy atom. The van der Waals surface area contributed by atoms with Crippen LogP contribution < -0.4 is 31.6 Å². The van der Waals surface area contributed by atoms with Crippen LogP contribution in [0.25, 0.3) is 0 Å². The Kier molecular flexibility index (Phi) is 108. The van der Waals surface area contributed by atoms with Gasteiger partial charge in [-0.15, -0.1) is 9.81 Å². The Balaban J connectivity index is -0.0000000254. The van der Waals surface area contributed by atoms with E-state index >= 15 is 0 Å². The zero-order valence-electron chi connectivity index (χ0n) is 14.5. The van der Waals surface area contributed by atoms with Crippen LogP contribution in [-0.4, -0.2) is 23.9 Å². The van der Waals surface area contributed by atoms with Crippen molar-refractivity contribution in [1.29, 1.82) is 0 Å². The number of nitroso groups, excluding NO2 is 2. The van der Waals surface area contributed by atoms with E-state index in [2.05, 4.69) is 0 Å². The van der Waals surface area contributed by atoms with E-state index in [4.69, 9.17) is 21.0 Å². The molecule has 0 spiro atoms. The topological polar surface area (TPSA) is 239 Å². The first-order valence-corrected chi connectivity index (χ1v) is 6.24. The zero-order chi connectivity index (χ0) is 21.1. The summed E-state index contributed by atoms with van der Waals surface area (Å²) in [7, 11) is 0. The van der Waals surface area contributed by atoms with Gasteiger partial charge in [-0.2, -0.15) is 0 Å². The molecule has 0 N–H and O–H groups in total. The molecule has 0 unspecified atom stereocenters. The maximum atomic E-state index is 9.26. The summed E-state index contributed by atoms with van der Waals surface area (Å²) in [5, 5.41) is 37.0. The van der Waals surface area contributed by atoms with E-state index in [1.54, 1.807) is 0 Å². The summed E-state index contributed by atoms with van der Waals surface area (Å²) in [6.45, 7) is 6.15. The SMILES string of the molecule is CCC(=O)[O-].CCC(=O)[O-].CCC(=O)[O-].CCC(=O)[O-].[N]=O.[N]=O.[Rh+2].[Rh+2]. The van der Waals surface area contributed by atoms with Gasteiger partial charge in [0.2, 0.25) is 0 Å². The molecule has 0 atom stereocenters. The van der Waals surface area contributed by atoms with Crippen molar-refractivity contribution in [2.75, 3.05) is 0 Å².